The standard InChI is InChI=1S/C26H35NO7S2/c1-4-6-7-8-9-10-17(3)34-20-13-11-18(15-21(20)33-5-2)16-22-24(30)27(26(35)36-22)19(25(31)32)12-14-23(28)29/h11,13,15-17,19H,4-10,12,14H2,1-3H3,(H,28,29)(H,31,32). The maximum atomic E-state index is 13.0. The summed E-state index contributed by atoms with van der Waals surface area (Å²) in [5, 5.41) is 18.5. The van der Waals surface area contributed by atoms with E-state index in [4.69, 9.17) is 26.8 Å². The molecule has 0 spiro atoms. The first-order chi connectivity index (χ1) is 17.2. The number of thiocarbonyl (C=S) groups is 1. The van der Waals surface area contributed by atoms with Gasteiger partial charge in [-0.2, -0.15) is 0 Å². The number of hydrogen-bond acceptors (Lipinski definition) is 7. The molecule has 1 amide bonds. The lowest BCUT2D eigenvalue weighted by atomic mass is 10.1. The van der Waals surface area contributed by atoms with Gasteiger partial charge in [0.2, 0.25) is 0 Å². The molecule has 198 valence electrons. The van der Waals surface area contributed by atoms with Gasteiger partial charge in [-0.15, -0.1) is 0 Å². The number of carbonyl (C=O) groups excluding carboxylic acids is 1. The van der Waals surface area contributed by atoms with E-state index in [-0.39, 0.29) is 28.2 Å². The third-order valence-electron chi connectivity index (χ3n) is 5.66. The van der Waals surface area contributed by atoms with Crippen molar-refractivity contribution in [1.82, 2.24) is 4.90 Å². The molecule has 2 atom stereocenters. The molecule has 0 aliphatic carbocycles. The van der Waals surface area contributed by atoms with Crippen LogP contribution in [0.25, 0.3) is 6.08 Å². The normalized spacial score (nSPS) is 16.3. The first-order valence-corrected chi connectivity index (χ1v) is 13.6. The van der Waals surface area contributed by atoms with Gasteiger partial charge in [-0.3, -0.25) is 14.5 Å². The molecule has 1 aromatic carbocycles. The molecular weight excluding hydrogens is 502 g/mol. The summed E-state index contributed by atoms with van der Waals surface area (Å²) in [6.45, 7) is 6.55. The fraction of sp³-hybridized carbons (Fsp3) is 0.538. The van der Waals surface area contributed by atoms with Crippen molar-refractivity contribution in [3.63, 3.8) is 0 Å². The van der Waals surface area contributed by atoms with Crippen molar-refractivity contribution in [2.75, 3.05) is 6.61 Å². The number of thioether (sulfide) groups is 1. The molecule has 1 saturated heterocycles. The van der Waals surface area contributed by atoms with Crippen LogP contribution in [0.4, 0.5) is 0 Å². The lowest BCUT2D eigenvalue weighted by Crippen LogP contribution is -2.44. The molecular formula is C26H35NO7S2. The number of carboxylic acids is 2. The molecule has 1 aromatic rings. The van der Waals surface area contributed by atoms with E-state index in [1.807, 2.05) is 13.8 Å². The predicted octanol–water partition coefficient (Wildman–Crippen LogP) is 5.73. The van der Waals surface area contributed by atoms with Gasteiger partial charge < -0.3 is 19.7 Å². The molecule has 0 radical (unpaired) electrons. The summed E-state index contributed by atoms with van der Waals surface area (Å²) in [5.41, 5.74) is 0.677. The Bertz CT molecular complexity index is 979. The molecule has 0 saturated carbocycles. The van der Waals surface area contributed by atoms with Gasteiger partial charge >= 0.3 is 11.9 Å². The Hall–Kier alpha value is -2.59. The second-order valence-electron chi connectivity index (χ2n) is 8.61. The molecule has 8 nitrogen and oxygen atoms in total. The number of nitrogens with zero attached hydrogens (tertiary/aromatic N) is 1. The minimum absolute atomic E-state index is 0.0340. The van der Waals surface area contributed by atoms with E-state index in [9.17, 15) is 19.5 Å². The second-order valence-corrected chi connectivity index (χ2v) is 10.3. The first-order valence-electron chi connectivity index (χ1n) is 12.3. The van der Waals surface area contributed by atoms with Crippen molar-refractivity contribution in [3.8, 4) is 11.5 Å². The van der Waals surface area contributed by atoms with Crippen molar-refractivity contribution in [2.24, 2.45) is 0 Å². The first kappa shape index (κ1) is 29.6. The molecule has 1 aliphatic heterocycles. The van der Waals surface area contributed by atoms with Crippen LogP contribution in [0.5, 0.6) is 11.5 Å². The Morgan fingerprint density at radius 2 is 1.83 bits per heavy atom. The average Bonchev–Trinajstić information content (AvgIpc) is 3.08. The molecule has 10 heteroatoms. The van der Waals surface area contributed by atoms with Crippen molar-refractivity contribution in [2.45, 2.75) is 84.3 Å². The number of benzene rings is 1. The highest BCUT2D eigenvalue weighted by Crippen LogP contribution is 2.37. The van der Waals surface area contributed by atoms with Crippen molar-refractivity contribution in [1.29, 1.82) is 0 Å². The monoisotopic (exact) mass is 537 g/mol. The summed E-state index contributed by atoms with van der Waals surface area (Å²) in [6, 6.07) is 4.05. The van der Waals surface area contributed by atoms with Gasteiger partial charge in [-0.25, -0.2) is 4.79 Å². The van der Waals surface area contributed by atoms with Gasteiger partial charge in [0.1, 0.15) is 10.4 Å². The van der Waals surface area contributed by atoms with E-state index >= 15 is 0 Å². The third kappa shape index (κ3) is 8.81. The lowest BCUT2D eigenvalue weighted by Gasteiger charge is -2.22. The fourth-order valence-electron chi connectivity index (χ4n) is 3.81. The molecule has 1 fully saturated rings. The Labute approximate surface area is 222 Å². The molecule has 2 N–H and O–H groups in total. The lowest BCUT2D eigenvalue weighted by molar-refractivity contribution is -0.146. The summed E-state index contributed by atoms with van der Waals surface area (Å²) in [5.74, 6) is -1.81. The zero-order valence-corrected chi connectivity index (χ0v) is 22.7. The van der Waals surface area contributed by atoms with E-state index in [2.05, 4.69) is 6.92 Å². The van der Waals surface area contributed by atoms with Gasteiger partial charge in [0.15, 0.2) is 11.5 Å². The Balaban J connectivity index is 2.15. The van der Waals surface area contributed by atoms with Crippen LogP contribution < -0.4 is 9.47 Å². The highest BCUT2D eigenvalue weighted by atomic mass is 32.2. The van der Waals surface area contributed by atoms with Crippen LogP contribution in [-0.2, 0) is 14.4 Å². The van der Waals surface area contributed by atoms with Crippen molar-refractivity contribution >= 4 is 52.2 Å². The highest BCUT2D eigenvalue weighted by Gasteiger charge is 2.40. The topological polar surface area (TPSA) is 113 Å². The van der Waals surface area contributed by atoms with Gasteiger partial charge in [0, 0.05) is 6.42 Å². The second kappa shape index (κ2) is 14.8. The minimum atomic E-state index is -1.34. The zero-order valence-electron chi connectivity index (χ0n) is 21.0. The number of carboxylic acid groups (broad SMARTS) is 2. The van der Waals surface area contributed by atoms with Crippen LogP contribution >= 0.6 is 24.0 Å². The molecule has 2 rings (SSSR count). The molecule has 2 unspecified atom stereocenters. The molecule has 1 aliphatic rings. The highest BCUT2D eigenvalue weighted by molar-refractivity contribution is 8.26. The minimum Gasteiger partial charge on any atom is -0.490 e. The van der Waals surface area contributed by atoms with E-state index in [0.29, 0.717) is 23.7 Å². The zero-order chi connectivity index (χ0) is 26.7. The van der Waals surface area contributed by atoms with E-state index in [0.717, 1.165) is 29.5 Å². The van der Waals surface area contributed by atoms with E-state index in [1.165, 1.54) is 25.7 Å². The van der Waals surface area contributed by atoms with Crippen LogP contribution in [0.15, 0.2) is 23.1 Å². The van der Waals surface area contributed by atoms with Gasteiger partial charge in [0.25, 0.3) is 5.91 Å². The van der Waals surface area contributed by atoms with Crippen molar-refractivity contribution < 1.29 is 34.1 Å². The summed E-state index contributed by atoms with van der Waals surface area (Å²) >= 11 is 6.24. The number of ether oxygens (including phenoxy) is 2. The van der Waals surface area contributed by atoms with Gasteiger partial charge in [0.05, 0.1) is 17.6 Å². The Morgan fingerprint density at radius 3 is 2.47 bits per heavy atom. The maximum absolute atomic E-state index is 13.0. The van der Waals surface area contributed by atoms with Crippen LogP contribution in [0.2, 0.25) is 0 Å². The number of amides is 1. The number of carbonyl (C=O) groups is 3. The van der Waals surface area contributed by atoms with Crippen LogP contribution in [-0.4, -0.2) is 56.0 Å². The number of unbranched alkanes of at least 4 members (excludes halogenated alkanes) is 4. The molecule has 0 aromatic heterocycles. The summed E-state index contributed by atoms with van der Waals surface area (Å²) in [7, 11) is 0. The van der Waals surface area contributed by atoms with E-state index < -0.39 is 23.9 Å². The number of aliphatic carboxylic acids is 2. The van der Waals surface area contributed by atoms with Crippen LogP contribution in [0.3, 0.4) is 0 Å². The van der Waals surface area contributed by atoms with Gasteiger partial charge in [-0.1, -0.05) is 62.7 Å². The third-order valence-corrected chi connectivity index (χ3v) is 6.99. The number of hydrogen-bond donors (Lipinski definition) is 2. The summed E-state index contributed by atoms with van der Waals surface area (Å²) < 4.78 is 12.0. The van der Waals surface area contributed by atoms with Crippen molar-refractivity contribution in [3.05, 3.63) is 28.7 Å². The van der Waals surface area contributed by atoms with Crippen LogP contribution in [0, 0.1) is 0 Å². The fourth-order valence-corrected chi connectivity index (χ4v) is 5.17. The quantitative estimate of drug-likeness (QED) is 0.155. The van der Waals surface area contributed by atoms with Gasteiger partial charge in [-0.05, 0) is 56.9 Å². The smallest absolute Gasteiger partial charge is 0.326 e. The Morgan fingerprint density at radius 1 is 1.11 bits per heavy atom. The largest absolute Gasteiger partial charge is 0.490 e. The summed E-state index contributed by atoms with van der Waals surface area (Å²) in [6.07, 6.45) is 7.99. The predicted molar refractivity (Wildman–Crippen MR) is 144 cm³/mol. The molecule has 0 bridgehead atoms. The SMILES string of the molecule is CCCCCCCC(C)Oc1ccc(C=C2SC(=S)N(C(CCC(=O)O)C(=O)O)C2=O)cc1OCC. The average molecular weight is 538 g/mol. The maximum Gasteiger partial charge on any atom is 0.326 e. The number of rotatable bonds is 16. The van der Waals surface area contributed by atoms with Crippen LogP contribution in [0.1, 0.15) is 77.7 Å². The molecule has 1 heterocycles. The van der Waals surface area contributed by atoms with E-state index in [1.54, 1.807) is 24.3 Å². The Kier molecular flexibility index (Phi) is 12.2. The summed E-state index contributed by atoms with van der Waals surface area (Å²) in [4.78, 5) is 36.8. The molecule has 36 heavy (non-hydrogen) atoms.